The number of nitrogens with one attached hydrogen (secondary N) is 1. The van der Waals surface area contributed by atoms with E-state index in [-0.39, 0.29) is 11.9 Å². The van der Waals surface area contributed by atoms with Gasteiger partial charge in [-0.3, -0.25) is 9.89 Å². The van der Waals surface area contributed by atoms with Crippen LogP contribution in [-0.4, -0.2) is 43.7 Å². The summed E-state index contributed by atoms with van der Waals surface area (Å²) in [7, 11) is 0. The third-order valence-electron chi connectivity index (χ3n) is 4.93. The molecule has 0 amide bonds. The highest BCUT2D eigenvalue weighted by atomic mass is 19.1. The van der Waals surface area contributed by atoms with E-state index >= 15 is 0 Å². The van der Waals surface area contributed by atoms with Crippen LogP contribution in [0.25, 0.3) is 0 Å². The topological polar surface area (TPSA) is 62.9 Å². The number of anilines is 1. The number of guanidine groups is 1. The Morgan fingerprint density at radius 3 is 2.67 bits per heavy atom. The van der Waals surface area contributed by atoms with E-state index in [9.17, 15) is 4.39 Å². The Labute approximate surface area is 160 Å². The SMILES string of the molecule is Cc1ccc(NC(N)=NCC(c2cccc(F)c2)N2CCOCC2)cc1C. The molecule has 6 heteroatoms. The molecule has 0 spiro atoms. The molecule has 1 atom stereocenters. The molecule has 0 aromatic heterocycles. The number of nitrogens with zero attached hydrogens (tertiary/aromatic N) is 2. The zero-order valence-corrected chi connectivity index (χ0v) is 15.9. The fourth-order valence-corrected chi connectivity index (χ4v) is 3.23. The van der Waals surface area contributed by atoms with Crippen LogP contribution in [0.15, 0.2) is 47.5 Å². The fourth-order valence-electron chi connectivity index (χ4n) is 3.23. The average Bonchev–Trinajstić information content (AvgIpc) is 2.66. The summed E-state index contributed by atoms with van der Waals surface area (Å²) in [5, 5.41) is 3.14. The molecule has 3 rings (SSSR count). The van der Waals surface area contributed by atoms with Crippen molar-refractivity contribution in [2.45, 2.75) is 19.9 Å². The molecule has 1 aliphatic heterocycles. The molecule has 0 aliphatic carbocycles. The second-order valence-electron chi connectivity index (χ2n) is 6.87. The van der Waals surface area contributed by atoms with E-state index in [1.165, 1.54) is 17.2 Å². The normalized spacial score (nSPS) is 16.9. The summed E-state index contributed by atoms with van der Waals surface area (Å²) < 4.78 is 19.2. The first-order valence-electron chi connectivity index (χ1n) is 9.24. The van der Waals surface area contributed by atoms with Crippen LogP contribution in [0.4, 0.5) is 10.1 Å². The van der Waals surface area contributed by atoms with Gasteiger partial charge in [-0.2, -0.15) is 0 Å². The quantitative estimate of drug-likeness (QED) is 0.627. The summed E-state index contributed by atoms with van der Waals surface area (Å²) in [6.07, 6.45) is 0. The third kappa shape index (κ3) is 5.28. The molecule has 144 valence electrons. The van der Waals surface area contributed by atoms with E-state index in [1.54, 1.807) is 12.1 Å². The summed E-state index contributed by atoms with van der Waals surface area (Å²) in [5.41, 5.74) is 10.3. The summed E-state index contributed by atoms with van der Waals surface area (Å²) >= 11 is 0. The maximum absolute atomic E-state index is 13.7. The summed E-state index contributed by atoms with van der Waals surface area (Å²) in [6, 6.07) is 12.7. The maximum atomic E-state index is 13.7. The number of halogens is 1. The lowest BCUT2D eigenvalue weighted by atomic mass is 10.0. The first-order chi connectivity index (χ1) is 13.0. The first kappa shape index (κ1) is 19.3. The monoisotopic (exact) mass is 370 g/mol. The molecule has 1 aliphatic rings. The molecule has 1 fully saturated rings. The Hall–Kier alpha value is -2.44. The highest BCUT2D eigenvalue weighted by Gasteiger charge is 2.22. The van der Waals surface area contributed by atoms with Gasteiger partial charge in [0.1, 0.15) is 5.82 Å². The van der Waals surface area contributed by atoms with Crippen molar-refractivity contribution in [2.75, 3.05) is 38.2 Å². The van der Waals surface area contributed by atoms with Crippen molar-refractivity contribution in [1.82, 2.24) is 4.90 Å². The highest BCUT2D eigenvalue weighted by molar-refractivity contribution is 5.92. The van der Waals surface area contributed by atoms with Gasteiger partial charge in [0.25, 0.3) is 0 Å². The van der Waals surface area contributed by atoms with Gasteiger partial charge < -0.3 is 15.8 Å². The van der Waals surface area contributed by atoms with Gasteiger partial charge in [0.2, 0.25) is 0 Å². The van der Waals surface area contributed by atoms with Gasteiger partial charge in [-0.25, -0.2) is 4.39 Å². The number of hydrogen-bond acceptors (Lipinski definition) is 3. The zero-order valence-electron chi connectivity index (χ0n) is 15.9. The molecule has 0 saturated carbocycles. The third-order valence-corrected chi connectivity index (χ3v) is 4.93. The second kappa shape index (κ2) is 8.97. The van der Waals surface area contributed by atoms with Crippen molar-refractivity contribution in [3.05, 3.63) is 65.0 Å². The first-order valence-corrected chi connectivity index (χ1v) is 9.24. The number of morpholine rings is 1. The molecule has 1 unspecified atom stereocenters. The van der Waals surface area contributed by atoms with Crippen LogP contribution in [-0.2, 0) is 4.74 Å². The van der Waals surface area contributed by atoms with Gasteiger partial charge in [-0.05, 0) is 54.8 Å². The number of nitrogens with two attached hydrogens (primary N) is 1. The number of aliphatic imine (C=N–C) groups is 1. The van der Waals surface area contributed by atoms with Crippen LogP contribution >= 0.6 is 0 Å². The van der Waals surface area contributed by atoms with Gasteiger partial charge in [0, 0.05) is 18.8 Å². The smallest absolute Gasteiger partial charge is 0.193 e. The lowest BCUT2D eigenvalue weighted by Crippen LogP contribution is -2.40. The Bertz CT molecular complexity index is 803. The van der Waals surface area contributed by atoms with Crippen LogP contribution in [0, 0.1) is 19.7 Å². The summed E-state index contributed by atoms with van der Waals surface area (Å²) in [5.74, 6) is 0.115. The number of benzene rings is 2. The van der Waals surface area contributed by atoms with Gasteiger partial charge in [0.05, 0.1) is 25.8 Å². The number of aryl methyl sites for hydroxylation is 2. The van der Waals surface area contributed by atoms with Crippen LogP contribution in [0.3, 0.4) is 0 Å². The Kier molecular flexibility index (Phi) is 6.42. The van der Waals surface area contributed by atoms with Crippen LogP contribution in [0.2, 0.25) is 0 Å². The zero-order chi connectivity index (χ0) is 19.2. The van der Waals surface area contributed by atoms with Crippen molar-refractivity contribution in [1.29, 1.82) is 0 Å². The summed E-state index contributed by atoms with van der Waals surface area (Å²) in [6.45, 7) is 7.52. The number of rotatable bonds is 5. The standard InChI is InChI=1S/C21H27FN4O/c1-15-6-7-19(12-16(15)2)25-21(23)24-14-20(26-8-10-27-11-9-26)17-4-3-5-18(22)13-17/h3-7,12-13,20H,8-11,14H2,1-2H3,(H3,23,24,25). The largest absolute Gasteiger partial charge is 0.379 e. The molecule has 1 saturated heterocycles. The van der Waals surface area contributed by atoms with E-state index in [2.05, 4.69) is 29.1 Å². The summed E-state index contributed by atoms with van der Waals surface area (Å²) in [4.78, 5) is 6.80. The van der Waals surface area contributed by atoms with E-state index in [0.717, 1.165) is 24.3 Å². The molecule has 5 nitrogen and oxygen atoms in total. The molecule has 2 aromatic carbocycles. The van der Waals surface area contributed by atoms with E-state index in [0.29, 0.717) is 25.7 Å². The molecule has 1 heterocycles. The van der Waals surface area contributed by atoms with Crippen LogP contribution < -0.4 is 11.1 Å². The lowest BCUT2D eigenvalue weighted by Gasteiger charge is -2.34. The van der Waals surface area contributed by atoms with Crippen LogP contribution in [0.5, 0.6) is 0 Å². The molecule has 0 radical (unpaired) electrons. The Morgan fingerprint density at radius 1 is 1.19 bits per heavy atom. The van der Waals surface area contributed by atoms with E-state index in [1.807, 2.05) is 24.3 Å². The molecule has 0 bridgehead atoms. The molecule has 3 N–H and O–H groups in total. The van der Waals surface area contributed by atoms with Gasteiger partial charge in [-0.1, -0.05) is 18.2 Å². The predicted molar refractivity (Wildman–Crippen MR) is 108 cm³/mol. The number of hydrogen-bond donors (Lipinski definition) is 2. The van der Waals surface area contributed by atoms with Crippen molar-refractivity contribution >= 4 is 11.6 Å². The molecule has 2 aromatic rings. The lowest BCUT2D eigenvalue weighted by molar-refractivity contribution is 0.0179. The minimum Gasteiger partial charge on any atom is -0.379 e. The number of ether oxygens (including phenoxy) is 1. The van der Waals surface area contributed by atoms with E-state index < -0.39 is 0 Å². The van der Waals surface area contributed by atoms with Crippen LogP contribution in [0.1, 0.15) is 22.7 Å². The van der Waals surface area contributed by atoms with Gasteiger partial charge >= 0.3 is 0 Å². The minimum absolute atomic E-state index is 0.0373. The molecular weight excluding hydrogens is 343 g/mol. The fraction of sp³-hybridized carbons (Fsp3) is 0.381. The van der Waals surface area contributed by atoms with Crippen molar-refractivity contribution in [3.8, 4) is 0 Å². The van der Waals surface area contributed by atoms with Crippen molar-refractivity contribution in [3.63, 3.8) is 0 Å². The minimum atomic E-state index is -0.240. The molecule has 27 heavy (non-hydrogen) atoms. The predicted octanol–water partition coefficient (Wildman–Crippen LogP) is 3.24. The van der Waals surface area contributed by atoms with Gasteiger partial charge in [0.15, 0.2) is 5.96 Å². The Balaban J connectivity index is 1.74. The average molecular weight is 370 g/mol. The maximum Gasteiger partial charge on any atom is 0.193 e. The second-order valence-corrected chi connectivity index (χ2v) is 6.87. The van der Waals surface area contributed by atoms with Crippen molar-refractivity contribution < 1.29 is 9.13 Å². The Morgan fingerprint density at radius 2 is 1.96 bits per heavy atom. The molecular formula is C21H27FN4O. The highest BCUT2D eigenvalue weighted by Crippen LogP contribution is 2.23. The van der Waals surface area contributed by atoms with E-state index in [4.69, 9.17) is 10.5 Å². The van der Waals surface area contributed by atoms with Crippen molar-refractivity contribution in [2.24, 2.45) is 10.7 Å². The van der Waals surface area contributed by atoms with Gasteiger partial charge in [-0.15, -0.1) is 0 Å².